The lowest BCUT2D eigenvalue weighted by Crippen LogP contribution is -2.39. The van der Waals surface area contributed by atoms with E-state index in [2.05, 4.69) is 15.2 Å². The molecule has 7 nitrogen and oxygen atoms in total. The average molecular weight is 447 g/mol. The normalized spacial score (nSPS) is 17.0. The Bertz CT molecular complexity index is 1130. The maximum atomic E-state index is 13.6. The molecule has 0 radical (unpaired) electrons. The van der Waals surface area contributed by atoms with Gasteiger partial charge < -0.3 is 15.4 Å². The average Bonchev–Trinajstić information content (AvgIpc) is 3.14. The zero-order chi connectivity index (χ0) is 22.9. The van der Waals surface area contributed by atoms with Crippen LogP contribution in [0.5, 0.6) is 5.75 Å². The number of nitrogens with one attached hydrogen (secondary N) is 1. The molecule has 1 aliphatic heterocycles. The van der Waals surface area contributed by atoms with E-state index in [1.54, 1.807) is 4.90 Å². The van der Waals surface area contributed by atoms with Crippen LogP contribution < -0.4 is 10.5 Å². The number of aryl methyl sites for hydroxylation is 1. The lowest BCUT2D eigenvalue weighted by atomic mass is 9.92. The van der Waals surface area contributed by atoms with E-state index >= 15 is 0 Å². The number of halogens is 3. The first-order chi connectivity index (χ1) is 15.2. The lowest BCUT2D eigenvalue weighted by Gasteiger charge is -2.33. The number of aromatic amines is 1. The topological polar surface area (TPSA) is 97.1 Å². The van der Waals surface area contributed by atoms with Crippen molar-refractivity contribution in [2.24, 2.45) is 0 Å². The number of pyridine rings is 1. The summed E-state index contributed by atoms with van der Waals surface area (Å²) in [6.07, 6.45) is -3.08. The predicted molar refractivity (Wildman–Crippen MR) is 113 cm³/mol. The van der Waals surface area contributed by atoms with Gasteiger partial charge in [-0.2, -0.15) is 18.3 Å². The van der Waals surface area contributed by atoms with Gasteiger partial charge in [0.25, 0.3) is 0 Å². The van der Waals surface area contributed by atoms with Crippen LogP contribution in [0.25, 0.3) is 11.0 Å². The Morgan fingerprint density at radius 3 is 2.88 bits per heavy atom. The molecule has 3 N–H and O–H groups in total. The van der Waals surface area contributed by atoms with Crippen molar-refractivity contribution in [2.75, 3.05) is 25.4 Å². The van der Waals surface area contributed by atoms with Crippen molar-refractivity contribution in [3.63, 3.8) is 0 Å². The van der Waals surface area contributed by atoms with E-state index in [0.29, 0.717) is 25.9 Å². The van der Waals surface area contributed by atoms with Gasteiger partial charge in [-0.25, -0.2) is 4.98 Å². The fourth-order valence-electron chi connectivity index (χ4n) is 4.07. The van der Waals surface area contributed by atoms with Gasteiger partial charge >= 0.3 is 6.18 Å². The van der Waals surface area contributed by atoms with Gasteiger partial charge in [-0.05, 0) is 37.5 Å². The van der Waals surface area contributed by atoms with Gasteiger partial charge in [0.2, 0.25) is 5.91 Å². The Kier molecular flexibility index (Phi) is 5.94. The van der Waals surface area contributed by atoms with E-state index in [4.69, 9.17) is 10.5 Å². The van der Waals surface area contributed by atoms with Crippen LogP contribution in [0.3, 0.4) is 0 Å². The van der Waals surface area contributed by atoms with Crippen LogP contribution >= 0.6 is 0 Å². The van der Waals surface area contributed by atoms with Gasteiger partial charge in [0.05, 0.1) is 24.0 Å². The molecule has 3 aromatic rings. The molecule has 170 valence electrons. The fourth-order valence-corrected chi connectivity index (χ4v) is 4.07. The van der Waals surface area contributed by atoms with Gasteiger partial charge in [-0.1, -0.05) is 18.2 Å². The molecule has 32 heavy (non-hydrogen) atoms. The minimum atomic E-state index is -4.59. The van der Waals surface area contributed by atoms with Crippen LogP contribution in [-0.2, 0) is 11.0 Å². The molecule has 0 saturated carbocycles. The zero-order valence-corrected chi connectivity index (χ0v) is 17.6. The first-order valence-electron chi connectivity index (χ1n) is 10.4. The summed E-state index contributed by atoms with van der Waals surface area (Å²) in [4.78, 5) is 18.7. The quantitative estimate of drug-likeness (QED) is 0.615. The number of H-pyrrole nitrogens is 1. The number of nitrogens with zero attached hydrogens (tertiary/aromatic N) is 3. The zero-order valence-electron chi connectivity index (χ0n) is 17.6. The lowest BCUT2D eigenvalue weighted by molar-refractivity contribution is -0.136. The molecule has 2 aromatic heterocycles. The van der Waals surface area contributed by atoms with Crippen molar-refractivity contribution in [1.82, 2.24) is 20.1 Å². The number of amides is 1. The highest BCUT2D eigenvalue weighted by atomic mass is 19.4. The molecule has 1 atom stereocenters. The van der Waals surface area contributed by atoms with E-state index in [1.165, 1.54) is 0 Å². The molecule has 0 aliphatic carbocycles. The number of aromatic nitrogens is 3. The SMILES string of the molecule is Cc1ccccc1OCCC(=O)N1CCCC(c2cc(C(F)(F)F)c3c(N)[nH]nc3n2)C1. The van der Waals surface area contributed by atoms with Crippen LogP contribution in [0, 0.1) is 6.92 Å². The molecule has 10 heteroatoms. The van der Waals surface area contributed by atoms with Crippen molar-refractivity contribution in [1.29, 1.82) is 0 Å². The number of nitrogens with two attached hydrogens (primary N) is 1. The van der Waals surface area contributed by atoms with Crippen molar-refractivity contribution in [2.45, 2.75) is 38.3 Å². The predicted octanol–water partition coefficient (Wildman–Crippen LogP) is 4.04. The van der Waals surface area contributed by atoms with Gasteiger partial charge in [0.15, 0.2) is 5.65 Å². The number of likely N-dealkylation sites (tertiary alicyclic amines) is 1. The van der Waals surface area contributed by atoms with Gasteiger partial charge in [0.1, 0.15) is 11.6 Å². The first-order valence-corrected chi connectivity index (χ1v) is 10.4. The van der Waals surface area contributed by atoms with Crippen LogP contribution in [-0.4, -0.2) is 45.7 Å². The second-order valence-electron chi connectivity index (χ2n) is 7.97. The van der Waals surface area contributed by atoms with Crippen LogP contribution in [0.4, 0.5) is 19.0 Å². The molecule has 1 aromatic carbocycles. The number of benzene rings is 1. The Balaban J connectivity index is 1.46. The summed E-state index contributed by atoms with van der Waals surface area (Å²) in [7, 11) is 0. The van der Waals surface area contributed by atoms with Crippen LogP contribution in [0.2, 0.25) is 0 Å². The summed E-state index contributed by atoms with van der Waals surface area (Å²) in [5.74, 6) is 0.158. The standard InChI is InChI=1S/C22H24F3N5O2/c1-13-5-2-3-7-17(13)32-10-8-18(31)30-9-4-6-14(12-30)16-11-15(22(23,24)25)19-20(26)28-29-21(19)27-16/h2-3,5,7,11,14H,4,6,8-10,12H2,1H3,(H3,26,27,28,29). The third kappa shape index (κ3) is 4.49. The molecule has 0 bridgehead atoms. The summed E-state index contributed by atoms with van der Waals surface area (Å²) in [6, 6.07) is 8.59. The molecule has 1 aliphatic rings. The Morgan fingerprint density at radius 1 is 1.34 bits per heavy atom. The number of ether oxygens (including phenoxy) is 1. The van der Waals surface area contributed by atoms with Crippen molar-refractivity contribution in [3.05, 3.63) is 47.2 Å². The first kappa shape index (κ1) is 21.9. The second-order valence-corrected chi connectivity index (χ2v) is 7.97. The number of hydrogen-bond donors (Lipinski definition) is 2. The molecule has 4 rings (SSSR count). The van der Waals surface area contributed by atoms with E-state index in [-0.39, 0.29) is 47.4 Å². The van der Waals surface area contributed by atoms with Gasteiger partial charge in [0, 0.05) is 24.7 Å². The molecule has 0 spiro atoms. The van der Waals surface area contributed by atoms with Gasteiger partial charge in [-0.15, -0.1) is 0 Å². The number of hydrogen-bond acceptors (Lipinski definition) is 5. The van der Waals surface area contributed by atoms with E-state index in [0.717, 1.165) is 17.4 Å². The van der Waals surface area contributed by atoms with Crippen molar-refractivity contribution >= 4 is 22.8 Å². The number of alkyl halides is 3. The summed E-state index contributed by atoms with van der Waals surface area (Å²) in [6.45, 7) is 3.03. The summed E-state index contributed by atoms with van der Waals surface area (Å²) in [5, 5.41) is 5.97. The van der Waals surface area contributed by atoms with Crippen LogP contribution in [0.15, 0.2) is 30.3 Å². The Hall–Kier alpha value is -3.30. The molecule has 1 fully saturated rings. The molecule has 3 heterocycles. The highest BCUT2D eigenvalue weighted by Gasteiger charge is 2.36. The number of piperidine rings is 1. The smallest absolute Gasteiger partial charge is 0.417 e. The minimum absolute atomic E-state index is 0.0672. The van der Waals surface area contributed by atoms with E-state index in [1.807, 2.05) is 31.2 Å². The monoisotopic (exact) mass is 447 g/mol. The van der Waals surface area contributed by atoms with E-state index in [9.17, 15) is 18.0 Å². The molecule has 1 saturated heterocycles. The van der Waals surface area contributed by atoms with Crippen LogP contribution in [0.1, 0.15) is 42.0 Å². The fraction of sp³-hybridized carbons (Fsp3) is 0.409. The molecular formula is C22H24F3N5O2. The third-order valence-electron chi connectivity index (χ3n) is 5.74. The minimum Gasteiger partial charge on any atom is -0.493 e. The van der Waals surface area contributed by atoms with Crippen molar-refractivity contribution < 1.29 is 22.7 Å². The Labute approximate surface area is 182 Å². The van der Waals surface area contributed by atoms with Gasteiger partial charge in [-0.3, -0.25) is 9.89 Å². The summed E-state index contributed by atoms with van der Waals surface area (Å²) >= 11 is 0. The highest BCUT2D eigenvalue weighted by Crippen LogP contribution is 2.38. The number of anilines is 1. The second kappa shape index (κ2) is 8.68. The number of rotatable bonds is 5. The number of carbonyl (C=O) groups is 1. The molecule has 1 amide bonds. The molecular weight excluding hydrogens is 423 g/mol. The van der Waals surface area contributed by atoms with E-state index < -0.39 is 11.7 Å². The number of nitrogen functional groups attached to an aromatic ring is 1. The number of carbonyl (C=O) groups excluding carboxylic acids is 1. The highest BCUT2D eigenvalue weighted by molar-refractivity contribution is 5.89. The largest absolute Gasteiger partial charge is 0.493 e. The summed E-state index contributed by atoms with van der Waals surface area (Å²) < 4.78 is 46.6. The summed E-state index contributed by atoms with van der Waals surface area (Å²) in [5.41, 5.74) is 5.96. The van der Waals surface area contributed by atoms with Crippen molar-refractivity contribution in [3.8, 4) is 5.75 Å². The number of para-hydroxylation sites is 1. The molecule has 1 unspecified atom stereocenters. The third-order valence-corrected chi connectivity index (χ3v) is 5.74. The Morgan fingerprint density at radius 2 is 2.12 bits per heavy atom. The number of fused-ring (bicyclic) bond motifs is 1. The maximum Gasteiger partial charge on any atom is 0.417 e. The maximum absolute atomic E-state index is 13.6.